The SMILES string of the molecule is C.C.CCC1C(CO)OC(COCC2C(CO)OC(COC)C([NH3+])C2O)C([NH3+])C1O. The zero-order chi connectivity index (χ0) is 20.8. The molecule has 0 aliphatic carbocycles. The fourth-order valence-electron chi connectivity index (χ4n) is 4.24. The zero-order valence-electron chi connectivity index (χ0n) is 16.9. The Morgan fingerprint density at radius 3 is 1.70 bits per heavy atom. The number of hydrogen-bond acceptors (Lipinski definition) is 8. The van der Waals surface area contributed by atoms with E-state index in [1.165, 1.54) is 0 Å². The van der Waals surface area contributed by atoms with E-state index in [2.05, 4.69) is 11.5 Å². The monoisotopic (exact) mass is 442 g/mol. The minimum Gasteiger partial charge on any atom is -0.394 e. The summed E-state index contributed by atoms with van der Waals surface area (Å²) >= 11 is 0. The summed E-state index contributed by atoms with van der Waals surface area (Å²) < 4.78 is 22.6. The van der Waals surface area contributed by atoms with Crippen molar-refractivity contribution < 1.29 is 50.8 Å². The van der Waals surface area contributed by atoms with Gasteiger partial charge in [-0.25, -0.2) is 0 Å². The summed E-state index contributed by atoms with van der Waals surface area (Å²) in [5.41, 5.74) is 7.97. The maximum atomic E-state index is 10.6. The lowest BCUT2D eigenvalue weighted by Gasteiger charge is -2.42. The summed E-state index contributed by atoms with van der Waals surface area (Å²) in [4.78, 5) is 0. The highest BCUT2D eigenvalue weighted by atomic mass is 16.6. The second-order valence-electron chi connectivity index (χ2n) is 7.83. The number of ether oxygens (including phenoxy) is 4. The normalized spacial score (nSPS) is 41.6. The van der Waals surface area contributed by atoms with Crippen molar-refractivity contribution in [2.24, 2.45) is 11.8 Å². The molecular weight excluding hydrogens is 396 g/mol. The molecule has 10 atom stereocenters. The first-order valence-corrected chi connectivity index (χ1v) is 10.0. The summed E-state index contributed by atoms with van der Waals surface area (Å²) in [6, 6.07) is -0.797. The van der Waals surface area contributed by atoms with Gasteiger partial charge < -0.3 is 50.8 Å². The van der Waals surface area contributed by atoms with Gasteiger partial charge in [0.1, 0.15) is 36.5 Å². The van der Waals surface area contributed by atoms with E-state index in [4.69, 9.17) is 18.9 Å². The van der Waals surface area contributed by atoms with Crippen LogP contribution in [0.3, 0.4) is 0 Å². The molecule has 10 nitrogen and oxygen atoms in total. The van der Waals surface area contributed by atoms with Crippen LogP contribution in [-0.2, 0) is 18.9 Å². The Morgan fingerprint density at radius 1 is 0.767 bits per heavy atom. The molecule has 0 spiro atoms. The average Bonchev–Trinajstić information content (AvgIpc) is 2.70. The van der Waals surface area contributed by atoms with E-state index in [1.54, 1.807) is 7.11 Å². The summed E-state index contributed by atoms with van der Waals surface area (Å²) in [5.74, 6) is -0.616. The van der Waals surface area contributed by atoms with Gasteiger partial charge in [0.2, 0.25) is 0 Å². The second kappa shape index (κ2) is 13.9. The number of quaternary nitrogens is 2. The molecule has 0 aromatic carbocycles. The standard InChI is InChI=1S/C18H36N2O8.2CH4/c1-3-9-11(4-21)27-14(16(20)17(9)23)8-26-6-10-12(5-22)28-13(7-25-2)15(19)18(10)24;;/h9-18,21-24H,3-8,19-20H2,1-2H3;2*1H4/p+2. The third-order valence-corrected chi connectivity index (χ3v) is 6.12. The van der Waals surface area contributed by atoms with Crippen molar-refractivity contribution in [3.05, 3.63) is 0 Å². The van der Waals surface area contributed by atoms with Gasteiger partial charge >= 0.3 is 0 Å². The van der Waals surface area contributed by atoms with E-state index < -0.39 is 48.6 Å². The van der Waals surface area contributed by atoms with Crippen molar-refractivity contribution in [2.75, 3.05) is 40.1 Å². The van der Waals surface area contributed by atoms with Crippen molar-refractivity contribution in [1.82, 2.24) is 0 Å². The topological polar surface area (TPSA) is 173 Å². The highest BCUT2D eigenvalue weighted by Crippen LogP contribution is 2.28. The Hall–Kier alpha value is -0.400. The third-order valence-electron chi connectivity index (χ3n) is 6.12. The molecule has 182 valence electrons. The molecule has 0 aromatic rings. The third kappa shape index (κ3) is 6.55. The van der Waals surface area contributed by atoms with Crippen LogP contribution in [-0.4, -0.2) is 109 Å². The molecule has 2 heterocycles. The van der Waals surface area contributed by atoms with Gasteiger partial charge in [-0.15, -0.1) is 0 Å². The number of aliphatic hydroxyl groups excluding tert-OH is 4. The van der Waals surface area contributed by atoms with Gasteiger partial charge in [-0.1, -0.05) is 21.8 Å². The van der Waals surface area contributed by atoms with Crippen LogP contribution in [0.5, 0.6) is 0 Å². The minimum absolute atomic E-state index is 0. The van der Waals surface area contributed by atoms with Gasteiger partial charge in [0, 0.05) is 18.9 Å². The molecule has 2 saturated heterocycles. The van der Waals surface area contributed by atoms with Gasteiger partial charge in [0.15, 0.2) is 0 Å². The molecule has 0 amide bonds. The molecule has 30 heavy (non-hydrogen) atoms. The van der Waals surface area contributed by atoms with Crippen LogP contribution in [0, 0.1) is 11.8 Å². The van der Waals surface area contributed by atoms with Gasteiger partial charge in [0.05, 0.1) is 45.2 Å². The van der Waals surface area contributed by atoms with E-state index in [1.807, 2.05) is 6.92 Å². The van der Waals surface area contributed by atoms with Gasteiger partial charge in [0.25, 0.3) is 0 Å². The van der Waals surface area contributed by atoms with Crippen LogP contribution in [0.2, 0.25) is 0 Å². The van der Waals surface area contributed by atoms with Gasteiger partial charge in [-0.2, -0.15) is 0 Å². The highest BCUT2D eigenvalue weighted by molar-refractivity contribution is 4.92. The molecule has 10 N–H and O–H groups in total. The summed E-state index contributed by atoms with van der Waals surface area (Å²) in [5, 5.41) is 40.3. The summed E-state index contributed by atoms with van der Waals surface area (Å²) in [6.45, 7) is 2.09. The van der Waals surface area contributed by atoms with Crippen LogP contribution < -0.4 is 11.5 Å². The van der Waals surface area contributed by atoms with Crippen molar-refractivity contribution in [2.45, 2.75) is 76.9 Å². The Morgan fingerprint density at radius 2 is 1.23 bits per heavy atom. The molecule has 2 aliphatic heterocycles. The van der Waals surface area contributed by atoms with E-state index in [9.17, 15) is 20.4 Å². The molecule has 0 saturated carbocycles. The van der Waals surface area contributed by atoms with Crippen molar-refractivity contribution >= 4 is 0 Å². The quantitative estimate of drug-likeness (QED) is 0.219. The molecule has 2 aliphatic rings. The van der Waals surface area contributed by atoms with Crippen LogP contribution in [0.4, 0.5) is 0 Å². The second-order valence-corrected chi connectivity index (χ2v) is 7.83. The van der Waals surface area contributed by atoms with Gasteiger partial charge in [-0.3, -0.25) is 0 Å². The maximum absolute atomic E-state index is 10.6. The van der Waals surface area contributed by atoms with Crippen LogP contribution in [0.15, 0.2) is 0 Å². The smallest absolute Gasteiger partial charge is 0.140 e. The van der Waals surface area contributed by atoms with E-state index in [0.29, 0.717) is 6.42 Å². The molecular formula is C20H46N2O8+2. The molecule has 10 unspecified atom stereocenters. The molecule has 2 fully saturated rings. The predicted molar refractivity (Wildman–Crippen MR) is 110 cm³/mol. The Kier molecular flexibility index (Phi) is 13.7. The predicted octanol–water partition coefficient (Wildman–Crippen LogP) is -2.97. The minimum atomic E-state index is -0.811. The average molecular weight is 443 g/mol. The molecule has 2 rings (SSSR count). The Labute approximate surface area is 180 Å². The summed E-state index contributed by atoms with van der Waals surface area (Å²) in [6.07, 6.45) is -2.72. The Bertz CT molecular complexity index is 457. The largest absolute Gasteiger partial charge is 0.394 e. The molecule has 0 aromatic heterocycles. The maximum Gasteiger partial charge on any atom is 0.140 e. The van der Waals surface area contributed by atoms with Crippen molar-refractivity contribution in [1.29, 1.82) is 0 Å². The number of hydrogen-bond donors (Lipinski definition) is 6. The van der Waals surface area contributed by atoms with E-state index in [-0.39, 0.29) is 59.8 Å². The van der Waals surface area contributed by atoms with E-state index in [0.717, 1.165) is 0 Å². The fourth-order valence-corrected chi connectivity index (χ4v) is 4.24. The number of aliphatic hydroxyl groups is 4. The lowest BCUT2D eigenvalue weighted by Crippen LogP contribution is -2.78. The van der Waals surface area contributed by atoms with Gasteiger partial charge in [-0.05, 0) is 6.42 Å². The van der Waals surface area contributed by atoms with Crippen LogP contribution in [0.25, 0.3) is 0 Å². The van der Waals surface area contributed by atoms with Crippen LogP contribution >= 0.6 is 0 Å². The van der Waals surface area contributed by atoms with E-state index >= 15 is 0 Å². The molecule has 0 radical (unpaired) electrons. The first kappa shape index (κ1) is 29.6. The van der Waals surface area contributed by atoms with Crippen LogP contribution in [0.1, 0.15) is 28.2 Å². The lowest BCUT2D eigenvalue weighted by atomic mass is 9.84. The van der Waals surface area contributed by atoms with Crippen molar-refractivity contribution in [3.8, 4) is 0 Å². The number of methoxy groups -OCH3 is 1. The molecule has 10 heteroatoms. The highest BCUT2D eigenvalue weighted by Gasteiger charge is 2.47. The molecule has 0 bridgehead atoms. The fraction of sp³-hybridized carbons (Fsp3) is 1.00. The number of rotatable bonds is 9. The zero-order valence-corrected chi connectivity index (χ0v) is 16.9. The van der Waals surface area contributed by atoms with Crippen molar-refractivity contribution in [3.63, 3.8) is 0 Å². The first-order valence-electron chi connectivity index (χ1n) is 10.0. The first-order chi connectivity index (χ1) is 13.4. The summed E-state index contributed by atoms with van der Waals surface area (Å²) in [7, 11) is 1.54. The lowest BCUT2D eigenvalue weighted by molar-refractivity contribution is -0.480. The Balaban J connectivity index is 0.00000420.